The first-order chi connectivity index (χ1) is 12.6. The fraction of sp³-hybridized carbons (Fsp3) is 0.391. The molecule has 0 aliphatic heterocycles. The van der Waals surface area contributed by atoms with Crippen LogP contribution in [0.15, 0.2) is 54.6 Å². The largest absolute Gasteiger partial charge is 0.325 e. The second kappa shape index (κ2) is 7.95. The van der Waals surface area contributed by atoms with E-state index in [0.717, 1.165) is 5.69 Å². The van der Waals surface area contributed by atoms with Gasteiger partial charge in [-0.2, -0.15) is 0 Å². The first kappa shape index (κ1) is 20.7. The molecule has 0 heterocycles. The zero-order valence-electron chi connectivity index (χ0n) is 17.2. The lowest BCUT2D eigenvalue weighted by atomic mass is 9.87. The van der Waals surface area contributed by atoms with Crippen LogP contribution in [0.4, 0.5) is 11.4 Å². The van der Waals surface area contributed by atoms with E-state index in [2.05, 4.69) is 26.1 Å². The van der Waals surface area contributed by atoms with Gasteiger partial charge in [0.15, 0.2) is 0 Å². The Bertz CT molecular complexity index is 787. The summed E-state index contributed by atoms with van der Waals surface area (Å²) in [7, 11) is 0. The summed E-state index contributed by atoms with van der Waals surface area (Å²) in [6.07, 6.45) is 0. The van der Waals surface area contributed by atoms with E-state index in [1.54, 1.807) is 18.7 Å². The number of hydrogen-bond donors (Lipinski definition) is 1. The van der Waals surface area contributed by atoms with Gasteiger partial charge < -0.3 is 10.2 Å². The summed E-state index contributed by atoms with van der Waals surface area (Å²) in [5, 5.41) is 2.89. The molecular formula is C23H30N2O2. The molecule has 2 aromatic carbocycles. The molecule has 2 aromatic rings. The minimum Gasteiger partial charge on any atom is -0.325 e. The Kier molecular flexibility index (Phi) is 6.09. The number of nitrogens with one attached hydrogen (secondary N) is 1. The summed E-state index contributed by atoms with van der Waals surface area (Å²) in [4.78, 5) is 27.6. The van der Waals surface area contributed by atoms with Crippen molar-refractivity contribution in [3.63, 3.8) is 0 Å². The first-order valence-corrected chi connectivity index (χ1v) is 9.36. The highest BCUT2D eigenvalue weighted by atomic mass is 16.2. The van der Waals surface area contributed by atoms with Crippen LogP contribution in [0.25, 0.3) is 0 Å². The van der Waals surface area contributed by atoms with Crippen LogP contribution in [0.1, 0.15) is 47.1 Å². The number of carbonyl (C=O) groups excluding carboxylic acids is 2. The molecule has 4 nitrogen and oxygen atoms in total. The van der Waals surface area contributed by atoms with E-state index in [1.807, 2.05) is 61.5 Å². The van der Waals surface area contributed by atoms with Gasteiger partial charge in [0, 0.05) is 17.9 Å². The third-order valence-electron chi connectivity index (χ3n) is 4.74. The van der Waals surface area contributed by atoms with Crippen LogP contribution < -0.4 is 10.2 Å². The van der Waals surface area contributed by atoms with Gasteiger partial charge in [0.1, 0.15) is 5.41 Å². The van der Waals surface area contributed by atoms with Crippen molar-refractivity contribution in [3.05, 3.63) is 60.2 Å². The Hall–Kier alpha value is -2.62. The van der Waals surface area contributed by atoms with Gasteiger partial charge >= 0.3 is 0 Å². The summed E-state index contributed by atoms with van der Waals surface area (Å²) >= 11 is 0. The summed E-state index contributed by atoms with van der Waals surface area (Å²) in [6.45, 7) is 12.2. The molecule has 1 N–H and O–H groups in total. The molecule has 0 saturated carbocycles. The zero-order chi connectivity index (χ0) is 20.2. The van der Waals surface area contributed by atoms with Crippen LogP contribution >= 0.6 is 0 Å². The molecule has 0 aliphatic carbocycles. The highest BCUT2D eigenvalue weighted by Crippen LogP contribution is 2.27. The zero-order valence-corrected chi connectivity index (χ0v) is 17.2. The molecule has 0 unspecified atom stereocenters. The maximum Gasteiger partial charge on any atom is 0.242 e. The number of anilines is 2. The van der Waals surface area contributed by atoms with Crippen LogP contribution in [0.3, 0.4) is 0 Å². The predicted octanol–water partition coefficient (Wildman–Crippen LogP) is 5.00. The lowest BCUT2D eigenvalue weighted by Crippen LogP contribution is -2.47. The van der Waals surface area contributed by atoms with Crippen molar-refractivity contribution >= 4 is 23.2 Å². The van der Waals surface area contributed by atoms with E-state index < -0.39 is 5.41 Å². The molecule has 4 heteroatoms. The van der Waals surface area contributed by atoms with Crippen LogP contribution in [-0.2, 0) is 15.0 Å². The molecule has 144 valence electrons. The van der Waals surface area contributed by atoms with Crippen LogP contribution in [0.5, 0.6) is 0 Å². The molecule has 0 atom stereocenters. The van der Waals surface area contributed by atoms with Crippen molar-refractivity contribution in [1.82, 2.24) is 0 Å². The fourth-order valence-electron chi connectivity index (χ4n) is 2.83. The minimum absolute atomic E-state index is 0.0507. The molecule has 0 saturated heterocycles. The summed E-state index contributed by atoms with van der Waals surface area (Å²) < 4.78 is 0. The van der Waals surface area contributed by atoms with Gasteiger partial charge in [0.25, 0.3) is 0 Å². The standard InChI is InChI=1S/C23H30N2O2/c1-7-25(19-11-9-8-10-12-19)21(27)23(5,6)20(26)24-18-15-13-17(14-16-18)22(2,3)4/h8-16H,7H2,1-6H3,(H,24,26). The highest BCUT2D eigenvalue weighted by Gasteiger charge is 2.39. The monoisotopic (exact) mass is 366 g/mol. The number of benzene rings is 2. The number of carbonyl (C=O) groups is 2. The molecule has 0 bridgehead atoms. The van der Waals surface area contributed by atoms with Gasteiger partial charge in [-0.1, -0.05) is 51.1 Å². The quantitative estimate of drug-likeness (QED) is 0.757. The second-order valence-corrected chi connectivity index (χ2v) is 8.29. The van der Waals surface area contributed by atoms with E-state index >= 15 is 0 Å². The fourth-order valence-corrected chi connectivity index (χ4v) is 2.83. The lowest BCUT2D eigenvalue weighted by molar-refractivity contribution is -0.136. The van der Waals surface area contributed by atoms with Gasteiger partial charge in [-0.05, 0) is 56.0 Å². The van der Waals surface area contributed by atoms with Crippen LogP contribution in [0.2, 0.25) is 0 Å². The third kappa shape index (κ3) is 4.76. The van der Waals surface area contributed by atoms with Crippen LogP contribution in [0, 0.1) is 5.41 Å². The normalized spacial score (nSPS) is 11.8. The number of amides is 2. The molecule has 2 amide bonds. The van der Waals surface area contributed by atoms with Crippen molar-refractivity contribution in [1.29, 1.82) is 0 Å². The molecule has 2 rings (SSSR count). The van der Waals surface area contributed by atoms with Crippen molar-refractivity contribution in [3.8, 4) is 0 Å². The van der Waals surface area contributed by atoms with Crippen molar-refractivity contribution < 1.29 is 9.59 Å². The van der Waals surface area contributed by atoms with E-state index in [9.17, 15) is 9.59 Å². The lowest BCUT2D eigenvalue weighted by Gasteiger charge is -2.30. The van der Waals surface area contributed by atoms with E-state index in [4.69, 9.17) is 0 Å². The molecule has 0 radical (unpaired) electrons. The Morgan fingerprint density at radius 2 is 1.44 bits per heavy atom. The number of nitrogens with zero attached hydrogens (tertiary/aromatic N) is 1. The maximum absolute atomic E-state index is 13.1. The van der Waals surface area contributed by atoms with Gasteiger partial charge in [-0.25, -0.2) is 0 Å². The SMILES string of the molecule is CCN(C(=O)C(C)(C)C(=O)Nc1ccc(C(C)(C)C)cc1)c1ccccc1. The minimum atomic E-state index is -1.19. The maximum atomic E-state index is 13.1. The molecule has 0 fully saturated rings. The van der Waals surface area contributed by atoms with Crippen molar-refractivity contribution in [2.75, 3.05) is 16.8 Å². The van der Waals surface area contributed by atoms with Gasteiger partial charge in [-0.3, -0.25) is 9.59 Å². The Balaban J connectivity index is 2.17. The average Bonchev–Trinajstić information content (AvgIpc) is 2.62. The van der Waals surface area contributed by atoms with E-state index in [-0.39, 0.29) is 17.2 Å². The Morgan fingerprint density at radius 1 is 0.889 bits per heavy atom. The summed E-state index contributed by atoms with van der Waals surface area (Å²) in [5.74, 6) is -0.537. The Morgan fingerprint density at radius 3 is 1.93 bits per heavy atom. The molecule has 0 aromatic heterocycles. The second-order valence-electron chi connectivity index (χ2n) is 8.29. The molecule has 27 heavy (non-hydrogen) atoms. The number of rotatable bonds is 5. The van der Waals surface area contributed by atoms with E-state index in [0.29, 0.717) is 12.2 Å². The smallest absolute Gasteiger partial charge is 0.242 e. The predicted molar refractivity (Wildman–Crippen MR) is 112 cm³/mol. The third-order valence-corrected chi connectivity index (χ3v) is 4.74. The molecule has 0 spiro atoms. The van der Waals surface area contributed by atoms with E-state index in [1.165, 1.54) is 5.56 Å². The first-order valence-electron chi connectivity index (χ1n) is 9.36. The average molecular weight is 367 g/mol. The molecule has 0 aliphatic rings. The topological polar surface area (TPSA) is 49.4 Å². The summed E-state index contributed by atoms with van der Waals surface area (Å²) in [6, 6.07) is 17.2. The van der Waals surface area contributed by atoms with Crippen molar-refractivity contribution in [2.24, 2.45) is 5.41 Å². The van der Waals surface area contributed by atoms with Gasteiger partial charge in [0.05, 0.1) is 0 Å². The number of hydrogen-bond acceptors (Lipinski definition) is 2. The Labute approximate surface area is 162 Å². The van der Waals surface area contributed by atoms with Gasteiger partial charge in [0.2, 0.25) is 11.8 Å². The van der Waals surface area contributed by atoms with Gasteiger partial charge in [-0.15, -0.1) is 0 Å². The van der Waals surface area contributed by atoms with Crippen molar-refractivity contribution in [2.45, 2.75) is 47.0 Å². The van der Waals surface area contributed by atoms with Crippen LogP contribution in [-0.4, -0.2) is 18.4 Å². The molecular weight excluding hydrogens is 336 g/mol. The summed E-state index contributed by atoms with van der Waals surface area (Å²) in [5.41, 5.74) is 1.54. The highest BCUT2D eigenvalue weighted by molar-refractivity contribution is 6.14. The number of para-hydroxylation sites is 1.